The van der Waals surface area contributed by atoms with E-state index in [0.29, 0.717) is 12.4 Å². The predicted molar refractivity (Wildman–Crippen MR) is 54.8 cm³/mol. The Balaban J connectivity index is 2.34. The Morgan fingerprint density at radius 2 is 2.47 bits per heavy atom. The fraction of sp³-hybridized carbons (Fsp3) is 0.364. The molecule has 4 heteroatoms. The van der Waals surface area contributed by atoms with Crippen molar-refractivity contribution in [1.29, 1.82) is 0 Å². The van der Waals surface area contributed by atoms with Crippen molar-refractivity contribution in [2.24, 2.45) is 0 Å². The van der Waals surface area contributed by atoms with Crippen molar-refractivity contribution in [1.82, 2.24) is 0 Å². The number of hydrogen-bond acceptors (Lipinski definition) is 3. The minimum atomic E-state index is -0.992. The number of carboxylic acids is 1. The molecule has 1 aromatic heterocycles. The molecule has 1 aromatic rings. The first-order valence-electron chi connectivity index (χ1n) is 4.74. The first kappa shape index (κ1) is 11.5. The third kappa shape index (κ3) is 3.59. The topological polar surface area (TPSA) is 59.7 Å². The second kappa shape index (κ2) is 6.03. The van der Waals surface area contributed by atoms with Crippen molar-refractivity contribution in [3.05, 3.63) is 36.3 Å². The Kier molecular flexibility index (Phi) is 4.63. The van der Waals surface area contributed by atoms with E-state index in [1.807, 2.05) is 6.08 Å². The van der Waals surface area contributed by atoms with E-state index in [-0.39, 0.29) is 12.2 Å². The molecule has 0 fully saturated rings. The van der Waals surface area contributed by atoms with E-state index in [1.165, 1.54) is 12.3 Å². The Morgan fingerprint density at radius 1 is 1.67 bits per heavy atom. The molecule has 0 atom stereocenters. The van der Waals surface area contributed by atoms with Crippen LogP contribution in [0.1, 0.15) is 29.0 Å². The molecule has 15 heavy (non-hydrogen) atoms. The Labute approximate surface area is 88.2 Å². The summed E-state index contributed by atoms with van der Waals surface area (Å²) in [5.74, 6) is -0.630. The standard InChI is InChI=1S/C11H14O4/c1-2-3-4-6-14-8-10-9(11(12)13)5-7-15-10/h2,5,7H,1,3-4,6,8H2,(H,12,13). The normalized spacial score (nSPS) is 10.1. The van der Waals surface area contributed by atoms with Gasteiger partial charge in [0.05, 0.1) is 6.26 Å². The van der Waals surface area contributed by atoms with Crippen molar-refractivity contribution in [2.75, 3.05) is 6.61 Å². The monoisotopic (exact) mass is 210 g/mol. The summed E-state index contributed by atoms with van der Waals surface area (Å²) in [7, 11) is 0. The number of carboxylic acid groups (broad SMARTS) is 1. The summed E-state index contributed by atoms with van der Waals surface area (Å²) >= 11 is 0. The van der Waals surface area contributed by atoms with Crippen molar-refractivity contribution < 1.29 is 19.1 Å². The second-order valence-electron chi connectivity index (χ2n) is 3.05. The quantitative estimate of drug-likeness (QED) is 0.554. The zero-order valence-corrected chi connectivity index (χ0v) is 8.44. The van der Waals surface area contributed by atoms with Crippen molar-refractivity contribution in [3.63, 3.8) is 0 Å². The van der Waals surface area contributed by atoms with Crippen LogP contribution in [0.3, 0.4) is 0 Å². The lowest BCUT2D eigenvalue weighted by atomic mass is 10.2. The van der Waals surface area contributed by atoms with Gasteiger partial charge in [0.15, 0.2) is 0 Å². The van der Waals surface area contributed by atoms with Crippen molar-refractivity contribution in [3.8, 4) is 0 Å². The molecule has 0 aliphatic carbocycles. The van der Waals surface area contributed by atoms with Crippen LogP contribution in [0.2, 0.25) is 0 Å². The maximum atomic E-state index is 10.7. The lowest BCUT2D eigenvalue weighted by Crippen LogP contribution is -2.01. The molecule has 82 valence electrons. The molecule has 1 N–H and O–H groups in total. The molecule has 0 aliphatic heterocycles. The highest BCUT2D eigenvalue weighted by Gasteiger charge is 2.12. The van der Waals surface area contributed by atoms with Crippen LogP contribution in [0.4, 0.5) is 0 Å². The molecule has 0 amide bonds. The first-order chi connectivity index (χ1) is 7.25. The number of hydrogen-bond donors (Lipinski definition) is 1. The highest BCUT2D eigenvalue weighted by atomic mass is 16.5. The van der Waals surface area contributed by atoms with Gasteiger partial charge in [0.1, 0.15) is 17.9 Å². The molecule has 1 heterocycles. The average molecular weight is 210 g/mol. The molecular formula is C11H14O4. The molecule has 4 nitrogen and oxygen atoms in total. The number of allylic oxidation sites excluding steroid dienone is 1. The minimum absolute atomic E-state index is 0.165. The largest absolute Gasteiger partial charge is 0.478 e. The summed E-state index contributed by atoms with van der Waals surface area (Å²) in [6.07, 6.45) is 4.95. The van der Waals surface area contributed by atoms with Gasteiger partial charge < -0.3 is 14.3 Å². The Morgan fingerprint density at radius 3 is 3.13 bits per heavy atom. The van der Waals surface area contributed by atoms with Gasteiger partial charge in [-0.1, -0.05) is 6.08 Å². The van der Waals surface area contributed by atoms with Crippen LogP contribution in [0, 0.1) is 0 Å². The summed E-state index contributed by atoms with van der Waals surface area (Å²) in [5, 5.41) is 8.77. The van der Waals surface area contributed by atoms with Crippen molar-refractivity contribution in [2.45, 2.75) is 19.4 Å². The zero-order chi connectivity index (χ0) is 11.1. The third-order valence-corrected chi connectivity index (χ3v) is 1.91. The number of ether oxygens (including phenoxy) is 1. The van der Waals surface area contributed by atoms with E-state index in [2.05, 4.69) is 6.58 Å². The van der Waals surface area contributed by atoms with E-state index in [4.69, 9.17) is 14.3 Å². The Hall–Kier alpha value is -1.55. The van der Waals surface area contributed by atoms with Crippen LogP contribution in [-0.4, -0.2) is 17.7 Å². The van der Waals surface area contributed by atoms with Crippen LogP contribution < -0.4 is 0 Å². The Bertz CT molecular complexity index is 327. The van der Waals surface area contributed by atoms with E-state index in [0.717, 1.165) is 12.8 Å². The highest BCUT2D eigenvalue weighted by molar-refractivity contribution is 5.88. The van der Waals surface area contributed by atoms with E-state index in [1.54, 1.807) is 0 Å². The number of unbranched alkanes of at least 4 members (excludes halogenated alkanes) is 1. The molecule has 0 aliphatic rings. The van der Waals surface area contributed by atoms with Crippen LogP contribution in [-0.2, 0) is 11.3 Å². The molecule has 0 saturated carbocycles. The summed E-state index contributed by atoms with van der Waals surface area (Å²) in [6.45, 7) is 4.37. The SMILES string of the molecule is C=CCCCOCc1occc1C(=O)O. The lowest BCUT2D eigenvalue weighted by Gasteiger charge is -2.01. The predicted octanol–water partition coefficient (Wildman–Crippen LogP) is 2.46. The summed E-state index contributed by atoms with van der Waals surface area (Å²) in [5.41, 5.74) is 0.165. The lowest BCUT2D eigenvalue weighted by molar-refractivity contribution is 0.0678. The molecule has 1 rings (SSSR count). The van der Waals surface area contributed by atoms with Crippen LogP contribution in [0.15, 0.2) is 29.4 Å². The van der Waals surface area contributed by atoms with E-state index < -0.39 is 5.97 Å². The maximum Gasteiger partial charge on any atom is 0.339 e. The zero-order valence-electron chi connectivity index (χ0n) is 8.44. The first-order valence-corrected chi connectivity index (χ1v) is 4.74. The number of carbonyl (C=O) groups is 1. The fourth-order valence-corrected chi connectivity index (χ4v) is 1.14. The number of furan rings is 1. The molecule has 0 radical (unpaired) electrons. The number of aromatic carboxylic acids is 1. The smallest absolute Gasteiger partial charge is 0.339 e. The summed E-state index contributed by atoms with van der Waals surface area (Å²) in [4.78, 5) is 10.7. The van der Waals surface area contributed by atoms with Crippen LogP contribution in [0.25, 0.3) is 0 Å². The van der Waals surface area contributed by atoms with Crippen molar-refractivity contribution >= 4 is 5.97 Å². The fourth-order valence-electron chi connectivity index (χ4n) is 1.14. The minimum Gasteiger partial charge on any atom is -0.478 e. The molecule has 0 saturated heterocycles. The van der Waals surface area contributed by atoms with Gasteiger partial charge in [0.2, 0.25) is 0 Å². The molecule has 0 aromatic carbocycles. The third-order valence-electron chi connectivity index (χ3n) is 1.91. The maximum absolute atomic E-state index is 10.7. The molecular weight excluding hydrogens is 196 g/mol. The summed E-state index contributed by atoms with van der Waals surface area (Å²) in [6, 6.07) is 1.42. The van der Waals surface area contributed by atoms with Gasteiger partial charge in [-0.2, -0.15) is 0 Å². The van der Waals surface area contributed by atoms with E-state index in [9.17, 15) is 4.79 Å². The van der Waals surface area contributed by atoms with Gasteiger partial charge in [0.25, 0.3) is 0 Å². The summed E-state index contributed by atoms with van der Waals surface area (Å²) < 4.78 is 10.3. The number of rotatable bonds is 7. The average Bonchev–Trinajstić information content (AvgIpc) is 2.66. The molecule has 0 spiro atoms. The van der Waals surface area contributed by atoms with Gasteiger partial charge in [-0.25, -0.2) is 4.79 Å². The molecule has 0 bridgehead atoms. The van der Waals surface area contributed by atoms with Crippen LogP contribution >= 0.6 is 0 Å². The van der Waals surface area contributed by atoms with Gasteiger partial charge in [-0.05, 0) is 18.9 Å². The van der Waals surface area contributed by atoms with E-state index >= 15 is 0 Å². The second-order valence-corrected chi connectivity index (χ2v) is 3.05. The van der Waals surface area contributed by atoms with Crippen LogP contribution in [0.5, 0.6) is 0 Å². The highest BCUT2D eigenvalue weighted by Crippen LogP contribution is 2.11. The van der Waals surface area contributed by atoms with Gasteiger partial charge in [0, 0.05) is 6.61 Å². The van der Waals surface area contributed by atoms with Gasteiger partial charge >= 0.3 is 5.97 Å². The molecule has 0 unspecified atom stereocenters. The van der Waals surface area contributed by atoms with Gasteiger partial charge in [-0.15, -0.1) is 6.58 Å². The van der Waals surface area contributed by atoms with Gasteiger partial charge in [-0.3, -0.25) is 0 Å².